The minimum Gasteiger partial charge on any atom is -0.409 e. The van der Waals surface area contributed by atoms with Crippen LogP contribution in [0.1, 0.15) is 0 Å². The van der Waals surface area contributed by atoms with Crippen molar-refractivity contribution in [1.82, 2.24) is 20.4 Å². The van der Waals surface area contributed by atoms with Gasteiger partial charge in [-0.3, -0.25) is 9.89 Å². The van der Waals surface area contributed by atoms with Gasteiger partial charge in [-0.05, 0) is 18.2 Å². The summed E-state index contributed by atoms with van der Waals surface area (Å²) in [5.74, 6) is -2.24. The second-order valence-corrected chi connectivity index (χ2v) is 6.38. The van der Waals surface area contributed by atoms with Gasteiger partial charge in [0.05, 0.1) is 11.3 Å². The highest BCUT2D eigenvalue weighted by Gasteiger charge is 2.16. The van der Waals surface area contributed by atoms with E-state index < -0.39 is 17.5 Å². The second kappa shape index (κ2) is 7.16. The average molecular weight is 387 g/mol. The molecule has 27 heavy (non-hydrogen) atoms. The van der Waals surface area contributed by atoms with Crippen LogP contribution in [0.3, 0.4) is 0 Å². The molecular weight excluding hydrogens is 376 g/mol. The molecule has 0 saturated carbocycles. The molecule has 0 atom stereocenters. The van der Waals surface area contributed by atoms with Crippen molar-refractivity contribution in [3.8, 4) is 11.6 Å². The Morgan fingerprint density at radius 3 is 2.85 bits per heavy atom. The van der Waals surface area contributed by atoms with Crippen LogP contribution in [0.5, 0.6) is 0 Å². The monoisotopic (exact) mass is 387 g/mol. The van der Waals surface area contributed by atoms with E-state index in [1.54, 1.807) is 0 Å². The molecule has 0 aliphatic rings. The number of rotatable bonds is 5. The first-order valence-electron chi connectivity index (χ1n) is 7.75. The van der Waals surface area contributed by atoms with Crippen molar-refractivity contribution in [2.75, 3.05) is 11.1 Å². The average Bonchev–Trinajstić information content (AvgIpc) is 3.29. The minimum atomic E-state index is -1.03. The number of thioether (sulfide) groups is 1. The fourth-order valence-corrected chi connectivity index (χ4v) is 2.95. The molecular formula is C17H11F2N5O2S. The Kier molecular flexibility index (Phi) is 4.55. The molecule has 0 aliphatic carbocycles. The van der Waals surface area contributed by atoms with Crippen LogP contribution in [0.25, 0.3) is 22.5 Å². The van der Waals surface area contributed by atoms with Crippen LogP contribution in [-0.2, 0) is 4.79 Å². The standard InChI is InChI=1S/C17H11F2N5O2S/c18-11-6-5-9(7-12(11)19)20-14(25)8-27-17-24-23-16(26-17)15-10-3-1-2-4-13(10)21-22-15/h1-7H,8H2,(H,20,25)(H,21,22). The Bertz CT molecular complexity index is 1130. The van der Waals surface area contributed by atoms with E-state index >= 15 is 0 Å². The summed E-state index contributed by atoms with van der Waals surface area (Å²) in [7, 11) is 0. The number of anilines is 1. The molecule has 2 heterocycles. The summed E-state index contributed by atoms with van der Waals surface area (Å²) < 4.78 is 31.6. The number of hydrogen-bond acceptors (Lipinski definition) is 6. The predicted octanol–water partition coefficient (Wildman–Crippen LogP) is 3.62. The molecule has 0 aliphatic heterocycles. The zero-order valence-electron chi connectivity index (χ0n) is 13.6. The van der Waals surface area contributed by atoms with Gasteiger partial charge in [0.2, 0.25) is 5.91 Å². The molecule has 2 aromatic heterocycles. The molecule has 0 saturated heterocycles. The molecule has 2 aromatic carbocycles. The van der Waals surface area contributed by atoms with Crippen molar-refractivity contribution in [3.63, 3.8) is 0 Å². The van der Waals surface area contributed by atoms with Gasteiger partial charge < -0.3 is 9.73 Å². The van der Waals surface area contributed by atoms with Crippen molar-refractivity contribution in [1.29, 1.82) is 0 Å². The number of para-hydroxylation sites is 1. The normalized spacial score (nSPS) is 11.0. The van der Waals surface area contributed by atoms with Crippen molar-refractivity contribution in [3.05, 3.63) is 54.1 Å². The number of carbonyl (C=O) groups is 1. The van der Waals surface area contributed by atoms with Crippen LogP contribution in [0, 0.1) is 11.6 Å². The summed E-state index contributed by atoms with van der Waals surface area (Å²) in [6, 6.07) is 10.6. The van der Waals surface area contributed by atoms with Crippen LogP contribution in [-0.4, -0.2) is 32.1 Å². The number of nitrogens with zero attached hydrogens (tertiary/aromatic N) is 3. The van der Waals surface area contributed by atoms with E-state index in [1.165, 1.54) is 6.07 Å². The van der Waals surface area contributed by atoms with E-state index in [2.05, 4.69) is 25.7 Å². The Hall–Kier alpha value is -3.27. The van der Waals surface area contributed by atoms with Crippen molar-refractivity contribution in [2.45, 2.75) is 5.22 Å². The molecule has 4 aromatic rings. The largest absolute Gasteiger partial charge is 0.409 e. The maximum Gasteiger partial charge on any atom is 0.277 e. The highest BCUT2D eigenvalue weighted by Crippen LogP contribution is 2.27. The van der Waals surface area contributed by atoms with Crippen molar-refractivity contribution in [2.24, 2.45) is 0 Å². The number of amides is 1. The van der Waals surface area contributed by atoms with E-state index in [0.717, 1.165) is 34.8 Å². The van der Waals surface area contributed by atoms with Gasteiger partial charge in [-0.2, -0.15) is 5.10 Å². The number of hydrogen-bond donors (Lipinski definition) is 2. The SMILES string of the molecule is O=C(CSc1nnc(-c2n[nH]c3ccccc23)o1)Nc1ccc(F)c(F)c1. The van der Waals surface area contributed by atoms with E-state index in [0.29, 0.717) is 5.69 Å². The number of nitrogens with one attached hydrogen (secondary N) is 2. The first kappa shape index (κ1) is 17.2. The molecule has 0 unspecified atom stereocenters. The van der Waals surface area contributed by atoms with E-state index in [4.69, 9.17) is 4.42 Å². The lowest BCUT2D eigenvalue weighted by Gasteiger charge is -2.04. The highest BCUT2D eigenvalue weighted by atomic mass is 32.2. The molecule has 0 fully saturated rings. The Labute approximate surface area is 155 Å². The lowest BCUT2D eigenvalue weighted by molar-refractivity contribution is -0.113. The number of carbonyl (C=O) groups excluding carboxylic acids is 1. The number of aromatic amines is 1. The zero-order valence-corrected chi connectivity index (χ0v) is 14.4. The Morgan fingerprint density at radius 1 is 1.15 bits per heavy atom. The summed E-state index contributed by atoms with van der Waals surface area (Å²) in [6.07, 6.45) is 0. The first-order chi connectivity index (χ1) is 13.1. The molecule has 2 N–H and O–H groups in total. The van der Waals surface area contributed by atoms with Crippen molar-refractivity contribution < 1.29 is 18.0 Å². The van der Waals surface area contributed by atoms with E-state index in [-0.39, 0.29) is 22.6 Å². The lowest BCUT2D eigenvalue weighted by Crippen LogP contribution is -2.14. The summed E-state index contributed by atoms with van der Waals surface area (Å²) >= 11 is 1.02. The van der Waals surface area contributed by atoms with Crippen molar-refractivity contribution >= 4 is 34.3 Å². The topological polar surface area (TPSA) is 96.7 Å². The van der Waals surface area contributed by atoms with Gasteiger partial charge >= 0.3 is 0 Å². The number of fused-ring (bicyclic) bond motifs is 1. The fourth-order valence-electron chi connectivity index (χ4n) is 2.39. The van der Waals surface area contributed by atoms with Gasteiger partial charge in [0.1, 0.15) is 0 Å². The van der Waals surface area contributed by atoms with Crippen LogP contribution in [0.2, 0.25) is 0 Å². The molecule has 1 amide bonds. The number of H-pyrrole nitrogens is 1. The maximum absolute atomic E-state index is 13.2. The number of benzene rings is 2. The Balaban J connectivity index is 1.41. The van der Waals surface area contributed by atoms with Gasteiger partial charge in [-0.1, -0.05) is 30.0 Å². The third-order valence-corrected chi connectivity index (χ3v) is 4.43. The number of halogens is 2. The highest BCUT2D eigenvalue weighted by molar-refractivity contribution is 7.99. The number of aromatic nitrogens is 4. The summed E-state index contributed by atoms with van der Waals surface area (Å²) in [5.41, 5.74) is 1.52. The van der Waals surface area contributed by atoms with Gasteiger partial charge in [0.15, 0.2) is 17.3 Å². The van der Waals surface area contributed by atoms with Gasteiger partial charge in [0, 0.05) is 17.1 Å². The smallest absolute Gasteiger partial charge is 0.277 e. The maximum atomic E-state index is 13.2. The lowest BCUT2D eigenvalue weighted by atomic mass is 10.2. The molecule has 0 radical (unpaired) electrons. The molecule has 7 nitrogen and oxygen atoms in total. The van der Waals surface area contributed by atoms with Gasteiger partial charge in [-0.25, -0.2) is 8.78 Å². The third-order valence-electron chi connectivity index (χ3n) is 3.61. The summed E-state index contributed by atoms with van der Waals surface area (Å²) in [5, 5.41) is 18.4. The van der Waals surface area contributed by atoms with Crippen LogP contribution < -0.4 is 5.32 Å². The summed E-state index contributed by atoms with van der Waals surface area (Å²) in [4.78, 5) is 11.9. The molecule has 0 bridgehead atoms. The van der Waals surface area contributed by atoms with Crippen LogP contribution in [0.15, 0.2) is 52.1 Å². The molecule has 136 valence electrons. The Morgan fingerprint density at radius 2 is 2.00 bits per heavy atom. The second-order valence-electron chi connectivity index (χ2n) is 5.46. The van der Waals surface area contributed by atoms with E-state index in [9.17, 15) is 13.6 Å². The van der Waals surface area contributed by atoms with Gasteiger partial charge in [0.25, 0.3) is 11.1 Å². The molecule has 10 heteroatoms. The van der Waals surface area contributed by atoms with Crippen LogP contribution in [0.4, 0.5) is 14.5 Å². The third kappa shape index (κ3) is 3.65. The zero-order chi connectivity index (χ0) is 18.8. The van der Waals surface area contributed by atoms with Gasteiger partial charge in [-0.15, -0.1) is 10.2 Å². The van der Waals surface area contributed by atoms with E-state index in [1.807, 2.05) is 24.3 Å². The minimum absolute atomic E-state index is 0.0397. The predicted molar refractivity (Wildman–Crippen MR) is 95.1 cm³/mol. The fraction of sp³-hybridized carbons (Fsp3) is 0.0588. The first-order valence-corrected chi connectivity index (χ1v) is 8.73. The quantitative estimate of drug-likeness (QED) is 0.508. The molecule has 0 spiro atoms. The molecule has 4 rings (SSSR count). The van der Waals surface area contributed by atoms with Crippen LogP contribution >= 0.6 is 11.8 Å². The summed E-state index contributed by atoms with van der Waals surface area (Å²) in [6.45, 7) is 0.